The van der Waals surface area contributed by atoms with E-state index in [1.807, 2.05) is 79.7 Å². The van der Waals surface area contributed by atoms with Gasteiger partial charge in [-0.1, -0.05) is 72.8 Å². The molecule has 5 heteroatoms. The van der Waals surface area contributed by atoms with Crippen molar-refractivity contribution in [2.45, 2.75) is 26.4 Å². The van der Waals surface area contributed by atoms with Gasteiger partial charge in [0.1, 0.15) is 5.82 Å². The molecule has 0 atom stereocenters. The standard InChI is InChI=1S/C31H29FN2O2/c1-23-9-6-7-14-29(23)31(36)34(22-25-15-17-27(32)18-16-25)28-13-8-12-26(19-28)20-30(35)33(2)21-24-10-4-3-5-11-24/h3-19H,20-22H2,1-2H3. The fourth-order valence-electron chi connectivity index (χ4n) is 4.10. The van der Waals surface area contributed by atoms with Crippen molar-refractivity contribution < 1.29 is 14.0 Å². The number of rotatable bonds is 8. The first-order chi connectivity index (χ1) is 17.4. The lowest BCUT2D eigenvalue weighted by atomic mass is 10.0. The van der Waals surface area contributed by atoms with Crippen LogP contribution in [0.5, 0.6) is 0 Å². The predicted molar refractivity (Wildman–Crippen MR) is 141 cm³/mol. The third-order valence-electron chi connectivity index (χ3n) is 6.14. The van der Waals surface area contributed by atoms with Crippen LogP contribution in [0.15, 0.2) is 103 Å². The van der Waals surface area contributed by atoms with Crippen LogP contribution in [0.2, 0.25) is 0 Å². The first-order valence-corrected chi connectivity index (χ1v) is 11.9. The molecule has 0 N–H and O–H groups in total. The molecular formula is C31H29FN2O2. The molecule has 0 bridgehead atoms. The van der Waals surface area contributed by atoms with Crippen molar-refractivity contribution >= 4 is 17.5 Å². The number of nitrogens with zero attached hydrogens (tertiary/aromatic N) is 2. The van der Waals surface area contributed by atoms with Crippen molar-refractivity contribution in [3.63, 3.8) is 0 Å². The van der Waals surface area contributed by atoms with Crippen molar-refractivity contribution in [3.8, 4) is 0 Å². The highest BCUT2D eigenvalue weighted by atomic mass is 19.1. The normalized spacial score (nSPS) is 10.6. The van der Waals surface area contributed by atoms with Gasteiger partial charge in [0.05, 0.1) is 13.0 Å². The Hall–Kier alpha value is -4.25. The van der Waals surface area contributed by atoms with Crippen molar-refractivity contribution in [1.29, 1.82) is 0 Å². The minimum atomic E-state index is -0.323. The topological polar surface area (TPSA) is 40.6 Å². The number of benzene rings is 4. The van der Waals surface area contributed by atoms with Gasteiger partial charge in [0, 0.05) is 24.8 Å². The van der Waals surface area contributed by atoms with Crippen molar-refractivity contribution in [2.24, 2.45) is 0 Å². The summed E-state index contributed by atoms with van der Waals surface area (Å²) in [7, 11) is 1.79. The van der Waals surface area contributed by atoms with Gasteiger partial charge >= 0.3 is 0 Å². The number of hydrogen-bond acceptors (Lipinski definition) is 2. The van der Waals surface area contributed by atoms with Gasteiger partial charge in [-0.25, -0.2) is 4.39 Å². The van der Waals surface area contributed by atoms with Crippen LogP contribution in [0, 0.1) is 12.7 Å². The van der Waals surface area contributed by atoms with Gasteiger partial charge in [0.25, 0.3) is 5.91 Å². The summed E-state index contributed by atoms with van der Waals surface area (Å²) in [5.74, 6) is -0.482. The van der Waals surface area contributed by atoms with E-state index in [9.17, 15) is 14.0 Å². The summed E-state index contributed by atoms with van der Waals surface area (Å²) in [6.45, 7) is 2.71. The summed E-state index contributed by atoms with van der Waals surface area (Å²) >= 11 is 0. The monoisotopic (exact) mass is 480 g/mol. The minimum Gasteiger partial charge on any atom is -0.341 e. The van der Waals surface area contributed by atoms with E-state index in [1.54, 1.807) is 35.0 Å². The van der Waals surface area contributed by atoms with Gasteiger partial charge in [-0.15, -0.1) is 0 Å². The molecule has 0 unspecified atom stereocenters. The lowest BCUT2D eigenvalue weighted by Crippen LogP contribution is -2.31. The van der Waals surface area contributed by atoms with Crippen LogP contribution in [0.25, 0.3) is 0 Å². The van der Waals surface area contributed by atoms with Crippen LogP contribution in [0.1, 0.15) is 32.6 Å². The summed E-state index contributed by atoms with van der Waals surface area (Å²) in [4.78, 5) is 30.0. The van der Waals surface area contributed by atoms with E-state index < -0.39 is 0 Å². The molecule has 0 aliphatic rings. The highest BCUT2D eigenvalue weighted by Gasteiger charge is 2.21. The zero-order valence-electron chi connectivity index (χ0n) is 20.5. The molecular weight excluding hydrogens is 451 g/mol. The van der Waals surface area contributed by atoms with Gasteiger partial charge in [-0.2, -0.15) is 0 Å². The van der Waals surface area contributed by atoms with Gasteiger partial charge in [0.15, 0.2) is 0 Å². The first kappa shape index (κ1) is 24.9. The molecule has 0 radical (unpaired) electrons. The molecule has 2 amide bonds. The summed E-state index contributed by atoms with van der Waals surface area (Å²) in [6, 6.07) is 30.9. The maximum absolute atomic E-state index is 13.7. The fourth-order valence-corrected chi connectivity index (χ4v) is 4.10. The number of likely N-dealkylation sites (N-methyl/N-ethyl adjacent to an activating group) is 1. The molecule has 182 valence electrons. The Kier molecular flexibility index (Phi) is 7.91. The number of halogens is 1. The molecule has 0 fully saturated rings. The molecule has 0 saturated carbocycles. The van der Waals surface area contributed by atoms with E-state index in [2.05, 4.69) is 0 Å². The van der Waals surface area contributed by atoms with Crippen LogP contribution in [-0.2, 0) is 24.3 Å². The summed E-state index contributed by atoms with van der Waals surface area (Å²) in [5.41, 5.74) is 4.85. The van der Waals surface area contributed by atoms with E-state index in [-0.39, 0.29) is 30.6 Å². The van der Waals surface area contributed by atoms with E-state index >= 15 is 0 Å². The minimum absolute atomic E-state index is 0.00804. The molecule has 36 heavy (non-hydrogen) atoms. The Balaban J connectivity index is 1.58. The van der Waals surface area contributed by atoms with Gasteiger partial charge < -0.3 is 9.80 Å². The van der Waals surface area contributed by atoms with Crippen LogP contribution in [0.4, 0.5) is 10.1 Å². The molecule has 0 aliphatic heterocycles. The average Bonchev–Trinajstić information content (AvgIpc) is 2.89. The lowest BCUT2D eigenvalue weighted by Gasteiger charge is -2.25. The maximum Gasteiger partial charge on any atom is 0.258 e. The zero-order valence-corrected chi connectivity index (χ0v) is 20.5. The second kappa shape index (κ2) is 11.5. The molecule has 0 saturated heterocycles. The van der Waals surface area contributed by atoms with Crippen LogP contribution >= 0.6 is 0 Å². The first-order valence-electron chi connectivity index (χ1n) is 11.9. The average molecular weight is 481 g/mol. The molecule has 0 spiro atoms. The molecule has 4 aromatic carbocycles. The largest absolute Gasteiger partial charge is 0.341 e. The number of hydrogen-bond donors (Lipinski definition) is 0. The zero-order chi connectivity index (χ0) is 25.5. The van der Waals surface area contributed by atoms with Gasteiger partial charge in [-0.3, -0.25) is 9.59 Å². The Labute approximate surface area is 211 Å². The Bertz CT molecular complexity index is 1340. The number of carbonyl (C=O) groups excluding carboxylic acids is 2. The SMILES string of the molecule is Cc1ccccc1C(=O)N(Cc1ccc(F)cc1)c1cccc(CC(=O)N(C)Cc2ccccc2)c1. The van der Waals surface area contributed by atoms with Crippen LogP contribution in [-0.4, -0.2) is 23.8 Å². The predicted octanol–water partition coefficient (Wildman–Crippen LogP) is 6.18. The molecule has 4 rings (SSSR count). The van der Waals surface area contributed by atoms with E-state index in [4.69, 9.17) is 0 Å². The lowest BCUT2D eigenvalue weighted by molar-refractivity contribution is -0.129. The molecule has 0 aliphatic carbocycles. The van der Waals surface area contributed by atoms with Crippen LogP contribution in [0.3, 0.4) is 0 Å². The highest BCUT2D eigenvalue weighted by molar-refractivity contribution is 6.07. The fraction of sp³-hybridized carbons (Fsp3) is 0.161. The number of amides is 2. The smallest absolute Gasteiger partial charge is 0.258 e. The van der Waals surface area contributed by atoms with E-state index in [1.165, 1.54) is 12.1 Å². The van der Waals surface area contributed by atoms with Crippen molar-refractivity contribution in [2.75, 3.05) is 11.9 Å². The number of anilines is 1. The molecule has 4 aromatic rings. The summed E-state index contributed by atoms with van der Waals surface area (Å²) in [5, 5.41) is 0. The third kappa shape index (κ3) is 6.25. The van der Waals surface area contributed by atoms with Gasteiger partial charge in [-0.05, 0) is 59.5 Å². The van der Waals surface area contributed by atoms with E-state index in [0.717, 1.165) is 22.3 Å². The Morgan fingerprint density at radius 3 is 2.08 bits per heavy atom. The van der Waals surface area contributed by atoms with Crippen molar-refractivity contribution in [1.82, 2.24) is 4.90 Å². The summed E-state index contributed by atoms with van der Waals surface area (Å²) in [6.07, 6.45) is 0.222. The molecule has 0 aromatic heterocycles. The Morgan fingerprint density at radius 1 is 0.722 bits per heavy atom. The number of aryl methyl sites for hydroxylation is 1. The quantitative estimate of drug-likeness (QED) is 0.302. The van der Waals surface area contributed by atoms with Gasteiger partial charge in [0.2, 0.25) is 5.91 Å². The summed E-state index contributed by atoms with van der Waals surface area (Å²) < 4.78 is 13.5. The second-order valence-corrected chi connectivity index (χ2v) is 8.91. The maximum atomic E-state index is 13.7. The molecule has 4 nitrogen and oxygen atoms in total. The third-order valence-corrected chi connectivity index (χ3v) is 6.14. The van der Waals surface area contributed by atoms with E-state index in [0.29, 0.717) is 17.8 Å². The Morgan fingerprint density at radius 2 is 1.36 bits per heavy atom. The number of carbonyl (C=O) groups is 2. The van der Waals surface area contributed by atoms with Crippen molar-refractivity contribution in [3.05, 3.63) is 137 Å². The highest BCUT2D eigenvalue weighted by Crippen LogP contribution is 2.24. The second-order valence-electron chi connectivity index (χ2n) is 8.91. The van der Waals surface area contributed by atoms with Crippen LogP contribution < -0.4 is 4.90 Å². The molecule has 0 heterocycles.